The molecule has 0 radical (unpaired) electrons. The molecule has 0 bridgehead atoms. The smallest absolute Gasteiger partial charge is 0.338 e. The number of esters is 2. The molecule has 0 spiro atoms. The van der Waals surface area contributed by atoms with Gasteiger partial charge in [0.1, 0.15) is 12.4 Å². The number of carbonyl (C=O) groups excluding carboxylic acids is 2. The second kappa shape index (κ2) is 11.0. The first-order valence-corrected chi connectivity index (χ1v) is 10.6. The molecule has 2 aromatic rings. The van der Waals surface area contributed by atoms with Gasteiger partial charge in [-0.3, -0.25) is 0 Å². The largest absolute Gasteiger partial charge is 0.489 e. The van der Waals surface area contributed by atoms with Gasteiger partial charge in [-0.25, -0.2) is 9.59 Å². The third kappa shape index (κ3) is 7.61. The van der Waals surface area contributed by atoms with E-state index in [0.29, 0.717) is 11.3 Å². The van der Waals surface area contributed by atoms with Gasteiger partial charge in [0.25, 0.3) is 0 Å². The highest BCUT2D eigenvalue weighted by molar-refractivity contribution is 6.03. The SMILES string of the molecule is COC(=O)c1ccc(COc2cccc(C(C)(C)/C=C/C=C/C(C)(C)O)c2)cc1C(=O)OC. The van der Waals surface area contributed by atoms with Gasteiger partial charge in [-0.05, 0) is 49.2 Å². The summed E-state index contributed by atoms with van der Waals surface area (Å²) < 4.78 is 15.5. The molecule has 0 atom stereocenters. The van der Waals surface area contributed by atoms with Gasteiger partial charge in [0, 0.05) is 5.41 Å². The van der Waals surface area contributed by atoms with Crippen molar-refractivity contribution in [2.45, 2.75) is 45.3 Å². The summed E-state index contributed by atoms with van der Waals surface area (Å²) in [5, 5.41) is 9.78. The molecular weight excluding hydrogens is 420 g/mol. The van der Waals surface area contributed by atoms with Gasteiger partial charge in [-0.15, -0.1) is 0 Å². The minimum atomic E-state index is -0.856. The highest BCUT2D eigenvalue weighted by Gasteiger charge is 2.20. The summed E-state index contributed by atoms with van der Waals surface area (Å²) >= 11 is 0. The maximum Gasteiger partial charge on any atom is 0.338 e. The van der Waals surface area contributed by atoms with E-state index in [2.05, 4.69) is 19.9 Å². The zero-order valence-corrected chi connectivity index (χ0v) is 20.0. The molecule has 0 aromatic heterocycles. The Morgan fingerprint density at radius 2 is 1.52 bits per heavy atom. The molecule has 2 aromatic carbocycles. The van der Waals surface area contributed by atoms with E-state index in [0.717, 1.165) is 5.56 Å². The van der Waals surface area contributed by atoms with Crippen LogP contribution in [-0.4, -0.2) is 36.9 Å². The molecule has 0 amide bonds. The van der Waals surface area contributed by atoms with Crippen molar-refractivity contribution in [3.05, 3.63) is 89.0 Å². The van der Waals surface area contributed by atoms with Crippen LogP contribution in [0.3, 0.4) is 0 Å². The molecule has 0 saturated carbocycles. The molecule has 0 aliphatic carbocycles. The number of ether oxygens (including phenoxy) is 3. The number of carbonyl (C=O) groups is 2. The summed E-state index contributed by atoms with van der Waals surface area (Å²) in [4.78, 5) is 24.0. The number of hydrogen-bond acceptors (Lipinski definition) is 6. The number of benzene rings is 2. The molecule has 2 rings (SSSR count). The van der Waals surface area contributed by atoms with Crippen LogP contribution in [0.1, 0.15) is 59.5 Å². The molecule has 176 valence electrons. The van der Waals surface area contributed by atoms with Crippen LogP contribution in [-0.2, 0) is 21.5 Å². The van der Waals surface area contributed by atoms with Crippen molar-refractivity contribution >= 4 is 11.9 Å². The van der Waals surface area contributed by atoms with E-state index in [1.54, 1.807) is 32.1 Å². The lowest BCUT2D eigenvalue weighted by Gasteiger charge is -2.22. The van der Waals surface area contributed by atoms with Crippen molar-refractivity contribution in [2.75, 3.05) is 14.2 Å². The van der Waals surface area contributed by atoms with Crippen molar-refractivity contribution in [1.29, 1.82) is 0 Å². The lowest BCUT2D eigenvalue weighted by atomic mass is 9.84. The van der Waals surface area contributed by atoms with Crippen molar-refractivity contribution in [1.82, 2.24) is 0 Å². The Morgan fingerprint density at radius 3 is 2.15 bits per heavy atom. The van der Waals surface area contributed by atoms with Gasteiger partial charge in [-0.2, -0.15) is 0 Å². The molecule has 0 unspecified atom stereocenters. The second-order valence-electron chi connectivity index (χ2n) is 8.77. The quantitative estimate of drug-likeness (QED) is 0.426. The predicted octanol–water partition coefficient (Wildman–Crippen LogP) is 5.00. The Hall–Kier alpha value is -3.38. The topological polar surface area (TPSA) is 82.1 Å². The summed E-state index contributed by atoms with van der Waals surface area (Å²) in [6, 6.07) is 12.6. The second-order valence-corrected chi connectivity index (χ2v) is 8.77. The summed E-state index contributed by atoms with van der Waals surface area (Å²) in [6.45, 7) is 7.84. The molecule has 0 saturated heterocycles. The Labute approximate surface area is 195 Å². The van der Waals surface area contributed by atoms with Gasteiger partial charge in [0.05, 0.1) is 30.9 Å². The van der Waals surface area contributed by atoms with Crippen LogP contribution in [0.25, 0.3) is 0 Å². The first kappa shape index (κ1) is 25.9. The fourth-order valence-corrected chi connectivity index (χ4v) is 3.08. The van der Waals surface area contributed by atoms with Crippen molar-refractivity contribution in [3.8, 4) is 5.75 Å². The first-order valence-electron chi connectivity index (χ1n) is 10.6. The van der Waals surface area contributed by atoms with Crippen molar-refractivity contribution < 1.29 is 28.9 Å². The van der Waals surface area contributed by atoms with Gasteiger partial charge in [-0.1, -0.05) is 56.4 Å². The lowest BCUT2D eigenvalue weighted by molar-refractivity contribution is 0.0555. The average molecular weight is 453 g/mol. The lowest BCUT2D eigenvalue weighted by Crippen LogP contribution is -2.14. The summed E-state index contributed by atoms with van der Waals surface area (Å²) in [6.07, 6.45) is 7.54. The van der Waals surface area contributed by atoms with Crippen LogP contribution in [0.15, 0.2) is 66.8 Å². The summed E-state index contributed by atoms with van der Waals surface area (Å²) in [7, 11) is 2.52. The summed E-state index contributed by atoms with van der Waals surface area (Å²) in [5.41, 5.74) is 0.926. The van der Waals surface area contributed by atoms with Crippen LogP contribution in [0.4, 0.5) is 0 Å². The maximum absolute atomic E-state index is 12.1. The zero-order valence-electron chi connectivity index (χ0n) is 20.0. The summed E-state index contributed by atoms with van der Waals surface area (Å²) in [5.74, 6) is -0.549. The molecule has 0 heterocycles. The van der Waals surface area contributed by atoms with E-state index in [1.807, 2.05) is 36.4 Å². The molecule has 33 heavy (non-hydrogen) atoms. The van der Waals surface area contributed by atoms with Crippen LogP contribution in [0.2, 0.25) is 0 Å². The van der Waals surface area contributed by atoms with E-state index in [1.165, 1.54) is 20.3 Å². The van der Waals surface area contributed by atoms with E-state index in [-0.39, 0.29) is 23.1 Å². The van der Waals surface area contributed by atoms with Crippen molar-refractivity contribution in [2.24, 2.45) is 0 Å². The van der Waals surface area contributed by atoms with E-state index < -0.39 is 17.5 Å². The van der Waals surface area contributed by atoms with Gasteiger partial charge >= 0.3 is 11.9 Å². The molecular formula is C27H32O6. The highest BCUT2D eigenvalue weighted by atomic mass is 16.5. The van der Waals surface area contributed by atoms with Gasteiger partial charge < -0.3 is 19.3 Å². The molecule has 6 heteroatoms. The Kier molecular flexibility index (Phi) is 8.60. The molecule has 0 fully saturated rings. The van der Waals surface area contributed by atoms with Crippen LogP contribution < -0.4 is 4.74 Å². The van der Waals surface area contributed by atoms with E-state index >= 15 is 0 Å². The minimum Gasteiger partial charge on any atom is -0.489 e. The Morgan fingerprint density at radius 1 is 0.879 bits per heavy atom. The third-order valence-electron chi connectivity index (χ3n) is 5.01. The average Bonchev–Trinajstić information content (AvgIpc) is 2.79. The van der Waals surface area contributed by atoms with Crippen LogP contribution in [0.5, 0.6) is 5.75 Å². The van der Waals surface area contributed by atoms with E-state index in [9.17, 15) is 14.7 Å². The normalized spacial score (nSPS) is 12.2. The monoisotopic (exact) mass is 452 g/mol. The Bertz CT molecular complexity index is 1040. The molecule has 0 aliphatic rings. The molecule has 1 N–H and O–H groups in total. The Balaban J connectivity index is 2.18. The number of allylic oxidation sites excluding steroid dienone is 3. The number of aliphatic hydroxyl groups is 1. The van der Waals surface area contributed by atoms with Gasteiger partial charge in [0.15, 0.2) is 0 Å². The van der Waals surface area contributed by atoms with Crippen molar-refractivity contribution in [3.63, 3.8) is 0 Å². The maximum atomic E-state index is 12.1. The highest BCUT2D eigenvalue weighted by Crippen LogP contribution is 2.28. The van der Waals surface area contributed by atoms with E-state index in [4.69, 9.17) is 14.2 Å². The third-order valence-corrected chi connectivity index (χ3v) is 5.01. The number of rotatable bonds is 9. The minimum absolute atomic E-state index is 0.129. The number of methoxy groups -OCH3 is 2. The fraction of sp³-hybridized carbons (Fsp3) is 0.333. The van der Waals surface area contributed by atoms with Crippen LogP contribution in [0, 0.1) is 0 Å². The number of hydrogen-bond donors (Lipinski definition) is 1. The first-order chi connectivity index (χ1) is 15.5. The molecule has 6 nitrogen and oxygen atoms in total. The fourth-order valence-electron chi connectivity index (χ4n) is 3.08. The van der Waals surface area contributed by atoms with Gasteiger partial charge in [0.2, 0.25) is 0 Å². The zero-order chi connectivity index (χ0) is 24.6. The van der Waals surface area contributed by atoms with Crippen LogP contribution >= 0.6 is 0 Å². The molecule has 0 aliphatic heterocycles. The standard InChI is InChI=1S/C27H32O6/c1-26(2,14-7-8-15-27(3,4)30)20-10-9-11-21(17-20)33-18-19-12-13-22(24(28)31-5)23(16-19)25(29)32-6/h7-17,30H,18H2,1-6H3/b14-7+,15-8+. The predicted molar refractivity (Wildman–Crippen MR) is 127 cm³/mol.